The van der Waals surface area contributed by atoms with E-state index in [1.54, 1.807) is 0 Å². The van der Waals surface area contributed by atoms with Crippen LogP contribution in [0.1, 0.15) is 27.2 Å². The van der Waals surface area contributed by atoms with Gasteiger partial charge in [0.1, 0.15) is 0 Å². The summed E-state index contributed by atoms with van der Waals surface area (Å²) in [7, 11) is 0. The highest BCUT2D eigenvalue weighted by Crippen LogP contribution is 2.36. The maximum absolute atomic E-state index is 3.93. The highest BCUT2D eigenvalue weighted by molar-refractivity contribution is 14.1. The Hall–Kier alpha value is -0.0900. The summed E-state index contributed by atoms with van der Waals surface area (Å²) < 4.78 is 2.36. The van der Waals surface area contributed by atoms with E-state index in [0.717, 1.165) is 13.0 Å². The van der Waals surface area contributed by atoms with E-state index in [9.17, 15) is 0 Å². The molecule has 0 N–H and O–H groups in total. The molecule has 0 saturated carbocycles. The number of hydrogen-bond donors (Lipinski definition) is 0. The summed E-state index contributed by atoms with van der Waals surface area (Å²) >= 11 is 2.40. The summed E-state index contributed by atoms with van der Waals surface area (Å²) in [5.74, 6) is 0. The standard InChI is InChI=1S/C12H18IN/c1-5-7-10-8-9-14(13)12(3,4)11(10)6-2/h5-7H,2,8-9H2,1,3-4H3/b7-5-. The van der Waals surface area contributed by atoms with Crippen LogP contribution in [0.25, 0.3) is 0 Å². The van der Waals surface area contributed by atoms with Crippen molar-refractivity contribution < 1.29 is 0 Å². The monoisotopic (exact) mass is 303 g/mol. The van der Waals surface area contributed by atoms with Crippen molar-refractivity contribution in [3.8, 4) is 0 Å². The van der Waals surface area contributed by atoms with Gasteiger partial charge in [-0.15, -0.1) is 0 Å². The first kappa shape index (κ1) is 12.0. The maximum atomic E-state index is 3.93. The number of hydrogen-bond acceptors (Lipinski definition) is 1. The number of nitrogens with zero attached hydrogens (tertiary/aromatic N) is 1. The largest absolute Gasteiger partial charge is 0.237 e. The van der Waals surface area contributed by atoms with Crippen LogP contribution in [0.4, 0.5) is 0 Å². The van der Waals surface area contributed by atoms with E-state index in [2.05, 4.69) is 65.5 Å². The van der Waals surface area contributed by atoms with E-state index in [1.165, 1.54) is 11.1 Å². The van der Waals surface area contributed by atoms with Crippen LogP contribution in [-0.4, -0.2) is 15.2 Å². The van der Waals surface area contributed by atoms with Gasteiger partial charge in [-0.1, -0.05) is 24.8 Å². The Morgan fingerprint density at radius 1 is 1.50 bits per heavy atom. The summed E-state index contributed by atoms with van der Waals surface area (Å²) in [5, 5.41) is 0. The van der Waals surface area contributed by atoms with Crippen LogP contribution in [0.15, 0.2) is 36.0 Å². The molecule has 0 aromatic rings. The highest BCUT2D eigenvalue weighted by atomic mass is 127. The van der Waals surface area contributed by atoms with Gasteiger partial charge in [0.2, 0.25) is 0 Å². The fourth-order valence-electron chi connectivity index (χ4n) is 1.91. The Balaban J connectivity index is 3.17. The molecule has 2 heteroatoms. The predicted octanol–water partition coefficient (Wildman–Crippen LogP) is 3.88. The topological polar surface area (TPSA) is 3.24 Å². The molecule has 0 amide bonds. The Labute approximate surface area is 101 Å². The molecule has 1 rings (SSSR count). The van der Waals surface area contributed by atoms with E-state index in [-0.39, 0.29) is 5.54 Å². The number of rotatable bonds is 2. The van der Waals surface area contributed by atoms with Gasteiger partial charge in [-0.25, -0.2) is 3.11 Å². The molecule has 1 aliphatic rings. The second-order valence-corrected chi connectivity index (χ2v) is 5.20. The quantitative estimate of drug-likeness (QED) is 0.553. The Morgan fingerprint density at radius 2 is 2.14 bits per heavy atom. The van der Waals surface area contributed by atoms with Crippen molar-refractivity contribution in [1.82, 2.24) is 3.11 Å². The van der Waals surface area contributed by atoms with Crippen LogP contribution in [-0.2, 0) is 0 Å². The fraction of sp³-hybridized carbons (Fsp3) is 0.500. The van der Waals surface area contributed by atoms with Gasteiger partial charge in [-0.05, 0) is 38.3 Å². The van der Waals surface area contributed by atoms with Crippen LogP contribution in [0.5, 0.6) is 0 Å². The van der Waals surface area contributed by atoms with Gasteiger partial charge in [0.25, 0.3) is 0 Å². The van der Waals surface area contributed by atoms with E-state index in [4.69, 9.17) is 0 Å². The average molecular weight is 303 g/mol. The molecular weight excluding hydrogens is 285 g/mol. The summed E-state index contributed by atoms with van der Waals surface area (Å²) in [6.07, 6.45) is 7.44. The first-order chi connectivity index (χ1) is 6.54. The molecule has 78 valence electrons. The molecular formula is C12H18IN. The van der Waals surface area contributed by atoms with Gasteiger partial charge in [0, 0.05) is 34.9 Å². The molecule has 0 saturated heterocycles. The van der Waals surface area contributed by atoms with Crippen molar-refractivity contribution in [3.05, 3.63) is 36.0 Å². The second kappa shape index (κ2) is 4.62. The lowest BCUT2D eigenvalue weighted by atomic mass is 9.85. The lowest BCUT2D eigenvalue weighted by Gasteiger charge is -2.40. The lowest BCUT2D eigenvalue weighted by molar-refractivity contribution is 0.311. The van der Waals surface area contributed by atoms with Gasteiger partial charge in [0.15, 0.2) is 0 Å². The van der Waals surface area contributed by atoms with Crippen molar-refractivity contribution in [2.24, 2.45) is 0 Å². The third-order valence-electron chi connectivity index (χ3n) is 2.76. The molecule has 0 aliphatic carbocycles. The summed E-state index contributed by atoms with van der Waals surface area (Å²) in [6.45, 7) is 11.6. The van der Waals surface area contributed by atoms with Crippen molar-refractivity contribution >= 4 is 22.9 Å². The normalized spacial score (nSPS) is 23.1. The van der Waals surface area contributed by atoms with Crippen molar-refractivity contribution in [2.45, 2.75) is 32.7 Å². The van der Waals surface area contributed by atoms with Gasteiger partial charge in [-0.3, -0.25) is 0 Å². The van der Waals surface area contributed by atoms with E-state index in [1.807, 2.05) is 6.08 Å². The molecule has 1 heterocycles. The minimum absolute atomic E-state index is 0.107. The third-order valence-corrected chi connectivity index (χ3v) is 4.45. The summed E-state index contributed by atoms with van der Waals surface area (Å²) in [5.41, 5.74) is 2.90. The first-order valence-corrected chi connectivity index (χ1v) is 5.92. The molecule has 1 aliphatic heterocycles. The Kier molecular flexibility index (Phi) is 3.95. The minimum atomic E-state index is 0.107. The molecule has 0 aromatic carbocycles. The Bertz CT molecular complexity index is 287. The fourth-order valence-corrected chi connectivity index (χ4v) is 2.41. The van der Waals surface area contributed by atoms with E-state index in [0.29, 0.717) is 0 Å². The second-order valence-electron chi connectivity index (χ2n) is 4.04. The van der Waals surface area contributed by atoms with Gasteiger partial charge < -0.3 is 0 Å². The zero-order valence-corrected chi connectivity index (χ0v) is 11.3. The van der Waals surface area contributed by atoms with Gasteiger partial charge in [0.05, 0.1) is 0 Å². The molecule has 1 nitrogen and oxygen atoms in total. The SMILES string of the molecule is C=CC1=C(/C=C\C)CCN(I)C1(C)C. The first-order valence-electron chi connectivity index (χ1n) is 4.96. The number of halogens is 1. The number of allylic oxidation sites excluding steroid dienone is 2. The Morgan fingerprint density at radius 3 is 2.64 bits per heavy atom. The molecule has 0 bridgehead atoms. The third kappa shape index (κ3) is 2.11. The molecule has 0 atom stereocenters. The predicted molar refractivity (Wildman–Crippen MR) is 71.5 cm³/mol. The molecule has 0 radical (unpaired) electrons. The zero-order valence-electron chi connectivity index (χ0n) is 9.18. The van der Waals surface area contributed by atoms with Crippen molar-refractivity contribution in [3.63, 3.8) is 0 Å². The minimum Gasteiger partial charge on any atom is -0.237 e. The summed E-state index contributed by atoms with van der Waals surface area (Å²) in [4.78, 5) is 0. The molecule has 0 spiro atoms. The van der Waals surface area contributed by atoms with E-state index >= 15 is 0 Å². The van der Waals surface area contributed by atoms with Gasteiger partial charge in [-0.2, -0.15) is 0 Å². The average Bonchev–Trinajstić information content (AvgIpc) is 2.12. The van der Waals surface area contributed by atoms with Crippen LogP contribution in [0, 0.1) is 0 Å². The molecule has 0 aromatic heterocycles. The van der Waals surface area contributed by atoms with Crippen LogP contribution < -0.4 is 0 Å². The van der Waals surface area contributed by atoms with Crippen LogP contribution >= 0.6 is 22.9 Å². The smallest absolute Gasteiger partial charge is 0.0499 e. The van der Waals surface area contributed by atoms with Crippen LogP contribution in [0.3, 0.4) is 0 Å². The van der Waals surface area contributed by atoms with Crippen LogP contribution in [0.2, 0.25) is 0 Å². The zero-order chi connectivity index (χ0) is 10.8. The van der Waals surface area contributed by atoms with E-state index < -0.39 is 0 Å². The van der Waals surface area contributed by atoms with Crippen molar-refractivity contribution in [1.29, 1.82) is 0 Å². The van der Waals surface area contributed by atoms with Crippen molar-refractivity contribution in [2.75, 3.05) is 6.54 Å². The summed E-state index contributed by atoms with van der Waals surface area (Å²) in [6, 6.07) is 0. The highest BCUT2D eigenvalue weighted by Gasteiger charge is 2.32. The molecule has 14 heavy (non-hydrogen) atoms. The molecule has 0 fully saturated rings. The maximum Gasteiger partial charge on any atom is 0.0499 e. The van der Waals surface area contributed by atoms with Gasteiger partial charge >= 0.3 is 0 Å². The molecule has 0 unspecified atom stereocenters. The lowest BCUT2D eigenvalue weighted by Crippen LogP contribution is -2.42.